The van der Waals surface area contributed by atoms with E-state index in [0.717, 1.165) is 0 Å². The van der Waals surface area contributed by atoms with E-state index in [-0.39, 0.29) is 18.4 Å². The topological polar surface area (TPSA) is 124 Å². The molecule has 4 aliphatic heterocycles. The number of hydrogen-bond acceptors (Lipinski definition) is 11. The van der Waals surface area contributed by atoms with Crippen LogP contribution in [0.1, 0.15) is 55.4 Å². The molecule has 4 aliphatic rings. The Morgan fingerprint density at radius 1 is 0.829 bits per heavy atom. The maximum Gasteiger partial charge on any atom is 0.303 e. The lowest BCUT2D eigenvalue weighted by Crippen LogP contribution is -2.61. The van der Waals surface area contributed by atoms with Gasteiger partial charge in [0.2, 0.25) is 12.2 Å². The highest BCUT2D eigenvalue weighted by Crippen LogP contribution is 2.41. The molecule has 14 heteroatoms. The molecule has 11 nitrogen and oxygen atoms in total. The maximum atomic E-state index is 12.2. The van der Waals surface area contributed by atoms with E-state index in [4.69, 9.17) is 82.8 Å². The Hall–Kier alpha value is -0.470. The summed E-state index contributed by atoms with van der Waals surface area (Å²) in [6.07, 6.45) is -6.71. The molecule has 4 heterocycles. The lowest BCUT2D eigenvalue weighted by atomic mass is 9.82. The third-order valence-corrected chi connectivity index (χ3v) is 8.92. The number of rotatable bonds is 6. The lowest BCUT2D eigenvalue weighted by molar-refractivity contribution is -0.351. The van der Waals surface area contributed by atoms with Crippen LogP contribution < -0.4 is 0 Å². The van der Waals surface area contributed by atoms with Crippen molar-refractivity contribution in [1.82, 2.24) is 0 Å². The van der Waals surface area contributed by atoms with Gasteiger partial charge in [-0.1, -0.05) is 62.5 Å². The molecule has 4 rings (SSSR count). The van der Waals surface area contributed by atoms with E-state index in [9.17, 15) is 4.79 Å². The second-order valence-electron chi connectivity index (χ2n) is 12.0. The summed E-state index contributed by atoms with van der Waals surface area (Å²) in [7, 11) is 0. The second-order valence-corrected chi connectivity index (χ2v) is 14.3. The minimum atomic E-state index is -2.13. The first-order valence-corrected chi connectivity index (χ1v) is 15.2. The van der Waals surface area contributed by atoms with Gasteiger partial charge in [-0.05, 0) is 32.6 Å². The Kier molecular flexibility index (Phi) is 10.5. The zero-order chi connectivity index (χ0) is 30.4. The van der Waals surface area contributed by atoms with Crippen molar-refractivity contribution >= 4 is 46.7 Å². The maximum absolute atomic E-state index is 12.2. The van der Waals surface area contributed by atoms with Gasteiger partial charge in [-0.2, -0.15) is 0 Å². The summed E-state index contributed by atoms with van der Waals surface area (Å²) < 4.78 is 52.5. The standard InChI is InChI=1S/C27H42Cl3NO10/c1-11-9-33-22(13(3)12(11)2)37-18-14(4)19(36-16(6)32)24(35-15(18)5)38-21-20-17(40-26(7,8)41-20)10-34-23(21)39-25(31)27(28,29)30/h11-15,17-24,31H,9-10H2,1-8H3/t11-,12+,13?,14+,15?,17+,18-,19?,20-,21+,22+,23?,24+/m1/s1. The minimum absolute atomic E-state index is 0.0873. The molecule has 0 bridgehead atoms. The number of fused-ring (bicyclic) bond motifs is 1. The summed E-state index contributed by atoms with van der Waals surface area (Å²) in [4.78, 5) is 12.2. The quantitative estimate of drug-likeness (QED) is 0.190. The van der Waals surface area contributed by atoms with E-state index in [0.29, 0.717) is 18.4 Å². The van der Waals surface area contributed by atoms with E-state index < -0.39 is 76.9 Å². The van der Waals surface area contributed by atoms with Crippen molar-refractivity contribution in [2.45, 2.75) is 120 Å². The molecule has 0 saturated carbocycles. The molecule has 0 aromatic heterocycles. The Balaban J connectivity index is 1.56. The number of nitrogens with one attached hydrogen (secondary N) is 1. The van der Waals surface area contributed by atoms with Gasteiger partial charge in [0.25, 0.3) is 3.79 Å². The summed E-state index contributed by atoms with van der Waals surface area (Å²) in [6, 6.07) is 0. The summed E-state index contributed by atoms with van der Waals surface area (Å²) in [5.41, 5.74) is 0. The van der Waals surface area contributed by atoms with Crippen LogP contribution in [0.4, 0.5) is 0 Å². The molecule has 0 aromatic rings. The van der Waals surface area contributed by atoms with Crippen LogP contribution in [0.5, 0.6) is 0 Å². The molecule has 0 aromatic carbocycles. The number of hydrogen-bond donors (Lipinski definition) is 1. The van der Waals surface area contributed by atoms with Crippen molar-refractivity contribution in [3.05, 3.63) is 0 Å². The molecule has 4 saturated heterocycles. The van der Waals surface area contributed by atoms with Crippen molar-refractivity contribution in [2.24, 2.45) is 23.7 Å². The minimum Gasteiger partial charge on any atom is -0.457 e. The number of alkyl halides is 3. The predicted octanol–water partition coefficient (Wildman–Crippen LogP) is 4.57. The zero-order valence-electron chi connectivity index (χ0n) is 24.6. The Morgan fingerprint density at radius 3 is 2.10 bits per heavy atom. The fraction of sp³-hybridized carbons (Fsp3) is 0.926. The first-order valence-electron chi connectivity index (χ1n) is 14.0. The SMILES string of the molecule is CC(=O)OC1[C@H](O[C@@H]2C(OC(=N)C(Cl)(Cl)Cl)OC[C@@H]3OC(C)(C)O[C@H]32)OC(C)[C@H](O[C@@H]2OC[C@@H](C)[C@H](C)C2C)[C@@H]1C. The Bertz CT molecular complexity index is 951. The Morgan fingerprint density at radius 2 is 1.46 bits per heavy atom. The van der Waals surface area contributed by atoms with Gasteiger partial charge in [0.15, 0.2) is 30.6 Å². The highest BCUT2D eigenvalue weighted by atomic mass is 35.6. The summed E-state index contributed by atoms with van der Waals surface area (Å²) >= 11 is 17.6. The highest BCUT2D eigenvalue weighted by molar-refractivity contribution is 6.76. The molecule has 0 spiro atoms. The van der Waals surface area contributed by atoms with Crippen molar-refractivity contribution in [3.8, 4) is 0 Å². The largest absolute Gasteiger partial charge is 0.457 e. The van der Waals surface area contributed by atoms with Gasteiger partial charge in [-0.3, -0.25) is 10.2 Å². The number of halogens is 3. The van der Waals surface area contributed by atoms with Gasteiger partial charge in [-0.25, -0.2) is 0 Å². The van der Waals surface area contributed by atoms with Crippen LogP contribution in [0.15, 0.2) is 0 Å². The molecule has 4 fully saturated rings. The molecular formula is C27H42Cl3NO10. The van der Waals surface area contributed by atoms with Crippen LogP contribution >= 0.6 is 34.8 Å². The van der Waals surface area contributed by atoms with Crippen molar-refractivity contribution in [1.29, 1.82) is 5.41 Å². The van der Waals surface area contributed by atoms with Crippen molar-refractivity contribution < 1.29 is 47.4 Å². The van der Waals surface area contributed by atoms with Crippen LogP contribution in [-0.2, 0) is 47.4 Å². The molecule has 1 N–H and O–H groups in total. The van der Waals surface area contributed by atoms with Gasteiger partial charge in [-0.15, -0.1) is 0 Å². The second kappa shape index (κ2) is 12.9. The summed E-state index contributed by atoms with van der Waals surface area (Å²) in [5.74, 6) is -1.48. The number of ether oxygens (including phenoxy) is 9. The Labute approximate surface area is 256 Å². The van der Waals surface area contributed by atoms with Crippen molar-refractivity contribution in [2.75, 3.05) is 13.2 Å². The van der Waals surface area contributed by atoms with Crippen LogP contribution in [-0.4, -0.2) is 90.2 Å². The third kappa shape index (κ3) is 7.61. The van der Waals surface area contributed by atoms with Crippen LogP contribution in [0, 0.1) is 29.1 Å². The molecular weight excluding hydrogens is 605 g/mol. The molecule has 4 unspecified atom stereocenters. The molecule has 0 aliphatic carbocycles. The monoisotopic (exact) mass is 645 g/mol. The number of carbonyl (C=O) groups excluding carboxylic acids is 1. The number of carbonyl (C=O) groups is 1. The van der Waals surface area contributed by atoms with Crippen LogP contribution in [0.2, 0.25) is 0 Å². The van der Waals surface area contributed by atoms with E-state index in [2.05, 4.69) is 20.8 Å². The average Bonchev–Trinajstić information content (AvgIpc) is 3.18. The molecule has 236 valence electrons. The van der Waals surface area contributed by atoms with Crippen LogP contribution in [0.3, 0.4) is 0 Å². The number of esters is 1. The van der Waals surface area contributed by atoms with Gasteiger partial charge < -0.3 is 42.6 Å². The molecule has 41 heavy (non-hydrogen) atoms. The fourth-order valence-corrected chi connectivity index (χ4v) is 5.99. The first-order chi connectivity index (χ1) is 19.0. The normalized spacial score (nSPS) is 44.6. The smallest absolute Gasteiger partial charge is 0.303 e. The van der Waals surface area contributed by atoms with E-state index in [1.165, 1.54) is 6.92 Å². The first kappa shape index (κ1) is 33.4. The van der Waals surface area contributed by atoms with Gasteiger partial charge in [0.05, 0.1) is 25.4 Å². The molecule has 13 atom stereocenters. The lowest BCUT2D eigenvalue weighted by Gasteiger charge is -2.48. The third-order valence-electron chi connectivity index (χ3n) is 8.41. The van der Waals surface area contributed by atoms with Gasteiger partial charge >= 0.3 is 5.97 Å². The van der Waals surface area contributed by atoms with Gasteiger partial charge in [0, 0.05) is 18.8 Å². The average molecular weight is 647 g/mol. The van der Waals surface area contributed by atoms with E-state index >= 15 is 0 Å². The molecule has 0 amide bonds. The van der Waals surface area contributed by atoms with Crippen molar-refractivity contribution in [3.63, 3.8) is 0 Å². The van der Waals surface area contributed by atoms with E-state index in [1.54, 1.807) is 13.8 Å². The van der Waals surface area contributed by atoms with E-state index in [1.807, 2.05) is 13.8 Å². The fourth-order valence-electron chi connectivity index (χ4n) is 5.85. The van der Waals surface area contributed by atoms with Crippen LogP contribution in [0.25, 0.3) is 0 Å². The summed E-state index contributed by atoms with van der Waals surface area (Å²) in [5, 5.41) is 8.09. The zero-order valence-corrected chi connectivity index (χ0v) is 26.9. The predicted molar refractivity (Wildman–Crippen MR) is 149 cm³/mol. The molecule has 0 radical (unpaired) electrons. The summed E-state index contributed by atoms with van der Waals surface area (Å²) in [6.45, 7) is 15.8. The highest BCUT2D eigenvalue weighted by Gasteiger charge is 2.56. The van der Waals surface area contributed by atoms with Gasteiger partial charge in [0.1, 0.15) is 12.2 Å².